The van der Waals surface area contributed by atoms with Crippen molar-refractivity contribution >= 4 is 0 Å². The largest absolute Gasteiger partial charge is 0.349 e. The SMILES string of the molecule is CNC(c1ccn(Cc2cccc(F)c2F)c1)C1CC1. The Morgan fingerprint density at radius 2 is 2.10 bits per heavy atom. The van der Waals surface area contributed by atoms with Gasteiger partial charge in [0.2, 0.25) is 0 Å². The monoisotopic (exact) mass is 276 g/mol. The normalized spacial score (nSPS) is 16.4. The molecule has 0 aliphatic heterocycles. The summed E-state index contributed by atoms with van der Waals surface area (Å²) in [7, 11) is 1.96. The van der Waals surface area contributed by atoms with Crippen molar-refractivity contribution in [2.75, 3.05) is 7.05 Å². The Bertz CT molecular complexity index is 602. The molecule has 0 bridgehead atoms. The summed E-state index contributed by atoms with van der Waals surface area (Å²) in [5.74, 6) is -0.835. The topological polar surface area (TPSA) is 17.0 Å². The van der Waals surface area contributed by atoms with Gasteiger partial charge in [0.05, 0.1) is 0 Å². The summed E-state index contributed by atoms with van der Waals surface area (Å²) < 4.78 is 28.7. The van der Waals surface area contributed by atoms with E-state index in [9.17, 15) is 8.78 Å². The lowest BCUT2D eigenvalue weighted by Gasteiger charge is -2.13. The lowest BCUT2D eigenvalue weighted by molar-refractivity contribution is 0.495. The van der Waals surface area contributed by atoms with Gasteiger partial charge in [-0.2, -0.15) is 0 Å². The summed E-state index contributed by atoms with van der Waals surface area (Å²) in [6.07, 6.45) is 6.46. The molecule has 2 aromatic rings. The van der Waals surface area contributed by atoms with E-state index in [0.717, 1.165) is 6.07 Å². The Morgan fingerprint density at radius 1 is 1.30 bits per heavy atom. The minimum Gasteiger partial charge on any atom is -0.349 e. The summed E-state index contributed by atoms with van der Waals surface area (Å²) in [6.45, 7) is 0.352. The average molecular weight is 276 g/mol. The zero-order valence-corrected chi connectivity index (χ0v) is 11.4. The standard InChI is InChI=1S/C16H18F2N2/c1-19-16(11-5-6-11)13-7-8-20(10-13)9-12-3-2-4-14(17)15(12)18/h2-4,7-8,10-11,16,19H,5-6,9H2,1H3. The van der Waals surface area contributed by atoms with E-state index in [1.165, 1.54) is 18.4 Å². The summed E-state index contributed by atoms with van der Waals surface area (Å²) >= 11 is 0. The zero-order valence-electron chi connectivity index (χ0n) is 11.4. The third kappa shape index (κ3) is 2.61. The second kappa shape index (κ2) is 5.37. The molecule has 2 nitrogen and oxygen atoms in total. The fraction of sp³-hybridized carbons (Fsp3) is 0.375. The number of benzene rings is 1. The molecule has 1 aliphatic carbocycles. The first kappa shape index (κ1) is 13.3. The summed E-state index contributed by atoms with van der Waals surface area (Å²) in [4.78, 5) is 0. The molecule has 1 atom stereocenters. The Morgan fingerprint density at radius 3 is 2.80 bits per heavy atom. The van der Waals surface area contributed by atoms with Crippen LogP contribution in [0.4, 0.5) is 8.78 Å². The predicted molar refractivity (Wildman–Crippen MR) is 74.4 cm³/mol. The molecule has 1 aromatic carbocycles. The zero-order chi connectivity index (χ0) is 14.1. The minimum atomic E-state index is -0.791. The van der Waals surface area contributed by atoms with E-state index in [1.807, 2.05) is 24.0 Å². The molecule has 0 saturated heterocycles. The van der Waals surface area contributed by atoms with E-state index in [0.29, 0.717) is 24.1 Å². The molecule has 1 aromatic heterocycles. The molecule has 4 heteroatoms. The third-order valence-corrected chi connectivity index (χ3v) is 3.92. The van der Waals surface area contributed by atoms with Gasteiger partial charge in [0, 0.05) is 30.5 Å². The molecule has 0 spiro atoms. The Balaban J connectivity index is 1.78. The van der Waals surface area contributed by atoms with Gasteiger partial charge in [-0.05, 0) is 43.5 Å². The molecule has 20 heavy (non-hydrogen) atoms. The first-order chi connectivity index (χ1) is 9.69. The molecule has 1 unspecified atom stereocenters. The highest BCUT2D eigenvalue weighted by Crippen LogP contribution is 2.40. The van der Waals surface area contributed by atoms with Crippen molar-refractivity contribution in [1.29, 1.82) is 0 Å². The van der Waals surface area contributed by atoms with Gasteiger partial charge in [-0.1, -0.05) is 12.1 Å². The number of hydrogen-bond donors (Lipinski definition) is 1. The van der Waals surface area contributed by atoms with Gasteiger partial charge in [-0.3, -0.25) is 0 Å². The van der Waals surface area contributed by atoms with E-state index >= 15 is 0 Å². The van der Waals surface area contributed by atoms with E-state index < -0.39 is 11.6 Å². The molecular formula is C16H18F2N2. The minimum absolute atomic E-state index is 0.352. The fourth-order valence-corrected chi connectivity index (χ4v) is 2.71. The molecule has 106 valence electrons. The van der Waals surface area contributed by atoms with Gasteiger partial charge in [-0.15, -0.1) is 0 Å². The van der Waals surface area contributed by atoms with Crippen LogP contribution < -0.4 is 5.32 Å². The molecular weight excluding hydrogens is 258 g/mol. The van der Waals surface area contributed by atoms with Crippen LogP contribution in [0.1, 0.15) is 30.0 Å². The van der Waals surface area contributed by atoms with Crippen LogP contribution in [0.2, 0.25) is 0 Å². The smallest absolute Gasteiger partial charge is 0.163 e. The van der Waals surface area contributed by atoms with Crippen LogP contribution in [0.25, 0.3) is 0 Å². The van der Waals surface area contributed by atoms with Crippen molar-refractivity contribution in [2.24, 2.45) is 5.92 Å². The van der Waals surface area contributed by atoms with Crippen LogP contribution in [0.5, 0.6) is 0 Å². The van der Waals surface area contributed by atoms with Crippen molar-refractivity contribution in [3.63, 3.8) is 0 Å². The van der Waals surface area contributed by atoms with Crippen molar-refractivity contribution in [2.45, 2.75) is 25.4 Å². The van der Waals surface area contributed by atoms with Crippen LogP contribution in [0.15, 0.2) is 36.7 Å². The lowest BCUT2D eigenvalue weighted by atomic mass is 10.1. The van der Waals surface area contributed by atoms with E-state index in [1.54, 1.807) is 12.1 Å². The van der Waals surface area contributed by atoms with Gasteiger partial charge >= 0.3 is 0 Å². The van der Waals surface area contributed by atoms with Crippen LogP contribution in [-0.4, -0.2) is 11.6 Å². The second-order valence-corrected chi connectivity index (χ2v) is 5.43. The lowest BCUT2D eigenvalue weighted by Crippen LogP contribution is -2.17. The summed E-state index contributed by atoms with van der Waals surface area (Å²) in [5.41, 5.74) is 1.59. The number of halogens is 2. The number of aromatic nitrogens is 1. The third-order valence-electron chi connectivity index (χ3n) is 3.92. The van der Waals surface area contributed by atoms with Crippen LogP contribution in [0.3, 0.4) is 0 Å². The van der Waals surface area contributed by atoms with E-state index in [4.69, 9.17) is 0 Å². The van der Waals surface area contributed by atoms with Gasteiger partial charge in [0.15, 0.2) is 11.6 Å². The highest BCUT2D eigenvalue weighted by molar-refractivity contribution is 5.22. The predicted octanol–water partition coefficient (Wildman–Crippen LogP) is 3.49. The molecule has 0 amide bonds. The molecule has 1 fully saturated rings. The van der Waals surface area contributed by atoms with Crippen molar-refractivity contribution in [3.05, 3.63) is 59.4 Å². The molecule has 1 heterocycles. The van der Waals surface area contributed by atoms with Gasteiger partial charge in [0.25, 0.3) is 0 Å². The van der Waals surface area contributed by atoms with Crippen LogP contribution >= 0.6 is 0 Å². The van der Waals surface area contributed by atoms with E-state index in [2.05, 4.69) is 11.4 Å². The number of rotatable bonds is 5. The summed E-state index contributed by atoms with van der Waals surface area (Å²) in [6, 6.07) is 6.72. The maximum Gasteiger partial charge on any atom is 0.163 e. The van der Waals surface area contributed by atoms with Crippen LogP contribution in [0, 0.1) is 17.6 Å². The molecule has 0 radical (unpaired) electrons. The molecule has 1 N–H and O–H groups in total. The van der Waals surface area contributed by atoms with Gasteiger partial charge < -0.3 is 9.88 Å². The Labute approximate surface area is 117 Å². The Hall–Kier alpha value is -1.68. The van der Waals surface area contributed by atoms with Crippen molar-refractivity contribution < 1.29 is 8.78 Å². The first-order valence-electron chi connectivity index (χ1n) is 6.95. The number of nitrogens with zero attached hydrogens (tertiary/aromatic N) is 1. The summed E-state index contributed by atoms with van der Waals surface area (Å²) in [5, 5.41) is 3.33. The maximum absolute atomic E-state index is 13.7. The quantitative estimate of drug-likeness (QED) is 0.884. The Kier molecular flexibility index (Phi) is 3.57. The fourth-order valence-electron chi connectivity index (χ4n) is 2.71. The highest BCUT2D eigenvalue weighted by atomic mass is 19.2. The molecule has 1 saturated carbocycles. The van der Waals surface area contributed by atoms with E-state index in [-0.39, 0.29) is 0 Å². The number of hydrogen-bond acceptors (Lipinski definition) is 1. The number of nitrogens with one attached hydrogen (secondary N) is 1. The average Bonchev–Trinajstić information content (AvgIpc) is 3.16. The maximum atomic E-state index is 13.7. The highest BCUT2D eigenvalue weighted by Gasteiger charge is 2.31. The molecule has 1 aliphatic rings. The van der Waals surface area contributed by atoms with Gasteiger partial charge in [0.1, 0.15) is 0 Å². The van der Waals surface area contributed by atoms with Gasteiger partial charge in [-0.25, -0.2) is 8.78 Å². The molecule has 3 rings (SSSR count). The second-order valence-electron chi connectivity index (χ2n) is 5.43. The van der Waals surface area contributed by atoms with Crippen molar-refractivity contribution in [3.8, 4) is 0 Å². The first-order valence-corrected chi connectivity index (χ1v) is 6.95. The van der Waals surface area contributed by atoms with Crippen LogP contribution in [-0.2, 0) is 6.54 Å². The van der Waals surface area contributed by atoms with Crippen molar-refractivity contribution in [1.82, 2.24) is 9.88 Å².